The van der Waals surface area contributed by atoms with Gasteiger partial charge >= 0.3 is 0 Å². The highest BCUT2D eigenvalue weighted by molar-refractivity contribution is 7.92. The number of nitrogens with one attached hydrogen (secondary N) is 1. The molecule has 6 nitrogen and oxygen atoms in total. The predicted octanol–water partition coefficient (Wildman–Crippen LogP) is 5.34. The number of rotatable bonds is 6. The fourth-order valence-electron chi connectivity index (χ4n) is 6.39. The lowest BCUT2D eigenvalue weighted by molar-refractivity contribution is -0.126. The molecule has 3 aliphatic rings. The molecule has 1 aromatic heterocycles. The number of carbonyl (C=O) groups is 1. The Balaban J connectivity index is 1.16. The second kappa shape index (κ2) is 9.52. The van der Waals surface area contributed by atoms with Crippen molar-refractivity contribution in [3.8, 4) is 16.9 Å². The summed E-state index contributed by atoms with van der Waals surface area (Å²) in [5.41, 5.74) is 2.72. The first-order valence-electron chi connectivity index (χ1n) is 13.5. The molecule has 0 radical (unpaired) electrons. The van der Waals surface area contributed by atoms with Crippen LogP contribution in [-0.2, 0) is 14.6 Å². The largest absolute Gasteiger partial charge is 0.493 e. The van der Waals surface area contributed by atoms with Crippen LogP contribution in [0.3, 0.4) is 0 Å². The Bertz CT molecular complexity index is 1420. The molecule has 6 rings (SSSR count). The quantitative estimate of drug-likeness (QED) is 0.474. The highest BCUT2D eigenvalue weighted by atomic mass is 32.2. The average molecular weight is 519 g/mol. The van der Waals surface area contributed by atoms with E-state index in [1.54, 1.807) is 18.3 Å². The van der Waals surface area contributed by atoms with Crippen LogP contribution in [0.15, 0.2) is 59.6 Å². The molecular weight excluding hydrogens is 484 g/mol. The number of sulfone groups is 1. The van der Waals surface area contributed by atoms with E-state index in [4.69, 9.17) is 4.74 Å². The van der Waals surface area contributed by atoms with E-state index in [1.165, 1.54) is 12.8 Å². The number of hydrogen-bond donors (Lipinski definition) is 1. The lowest BCUT2D eigenvalue weighted by Gasteiger charge is -2.45. The molecule has 3 aromatic rings. The molecule has 1 aliphatic heterocycles. The zero-order chi connectivity index (χ0) is 25.6. The number of aromatic nitrogens is 1. The zero-order valence-corrected chi connectivity index (χ0v) is 22.1. The molecule has 1 atom stereocenters. The Morgan fingerprint density at radius 3 is 2.43 bits per heavy atom. The van der Waals surface area contributed by atoms with Gasteiger partial charge in [-0.15, -0.1) is 0 Å². The van der Waals surface area contributed by atoms with Gasteiger partial charge in [-0.1, -0.05) is 18.2 Å². The molecule has 0 amide bonds. The summed E-state index contributed by atoms with van der Waals surface area (Å²) in [4.78, 5) is 17.3. The van der Waals surface area contributed by atoms with Crippen LogP contribution in [0.5, 0.6) is 5.75 Å². The molecule has 1 unspecified atom stereocenters. The van der Waals surface area contributed by atoms with Gasteiger partial charge in [0, 0.05) is 23.0 Å². The Kier molecular flexibility index (Phi) is 6.32. The average Bonchev–Trinajstić information content (AvgIpc) is 3.76. The molecule has 1 spiro atoms. The van der Waals surface area contributed by atoms with E-state index < -0.39 is 9.84 Å². The summed E-state index contributed by atoms with van der Waals surface area (Å²) in [6.07, 6.45) is 7.88. The Labute approximate surface area is 218 Å². The number of hydrogen-bond acceptors (Lipinski definition) is 6. The van der Waals surface area contributed by atoms with Crippen molar-refractivity contribution in [3.63, 3.8) is 0 Å². The van der Waals surface area contributed by atoms with E-state index in [9.17, 15) is 13.2 Å². The maximum absolute atomic E-state index is 13.5. The van der Waals surface area contributed by atoms with E-state index in [1.807, 2.05) is 43.3 Å². The number of pyridine rings is 1. The fraction of sp³-hybridized carbons (Fsp3) is 0.467. The SMILES string of the molecule is CCOc1ccnc2cc(-c3ccc(S(=O)(=O)C4CCC5(CC4)CC(C4CC4)C(=O)CN5)cc3)ccc12. The second-order valence-corrected chi connectivity index (χ2v) is 13.2. The molecule has 2 aliphatic carbocycles. The predicted molar refractivity (Wildman–Crippen MR) is 144 cm³/mol. The van der Waals surface area contributed by atoms with Crippen LogP contribution in [0.25, 0.3) is 22.0 Å². The van der Waals surface area contributed by atoms with Gasteiger partial charge in [-0.25, -0.2) is 8.42 Å². The van der Waals surface area contributed by atoms with Gasteiger partial charge in [0.05, 0.1) is 28.8 Å². The molecule has 0 bridgehead atoms. The third-order valence-electron chi connectivity index (χ3n) is 8.70. The van der Waals surface area contributed by atoms with E-state index in [2.05, 4.69) is 10.3 Å². The Morgan fingerprint density at radius 2 is 1.73 bits per heavy atom. The normalized spacial score (nSPS) is 26.5. The fourth-order valence-corrected chi connectivity index (χ4v) is 8.14. The van der Waals surface area contributed by atoms with Gasteiger partial charge in [0.15, 0.2) is 9.84 Å². The van der Waals surface area contributed by atoms with Gasteiger partial charge in [0.1, 0.15) is 11.5 Å². The molecule has 1 N–H and O–H groups in total. The van der Waals surface area contributed by atoms with Crippen LogP contribution in [0.1, 0.15) is 51.9 Å². The molecular formula is C30H34N2O4S. The molecule has 194 valence electrons. The Hall–Kier alpha value is -2.77. The smallest absolute Gasteiger partial charge is 0.181 e. The van der Waals surface area contributed by atoms with Gasteiger partial charge in [-0.3, -0.25) is 9.78 Å². The number of carbonyl (C=O) groups excluding carboxylic acids is 1. The van der Waals surface area contributed by atoms with Crippen LogP contribution in [-0.4, -0.2) is 43.1 Å². The molecule has 3 fully saturated rings. The lowest BCUT2D eigenvalue weighted by atomic mass is 9.71. The van der Waals surface area contributed by atoms with Crippen molar-refractivity contribution in [2.24, 2.45) is 11.8 Å². The van der Waals surface area contributed by atoms with Crippen molar-refractivity contribution in [2.75, 3.05) is 13.2 Å². The third kappa shape index (κ3) is 4.68. The van der Waals surface area contributed by atoms with E-state index >= 15 is 0 Å². The van der Waals surface area contributed by atoms with Crippen molar-refractivity contribution >= 4 is 26.5 Å². The first-order valence-corrected chi connectivity index (χ1v) is 15.1. The summed E-state index contributed by atoms with van der Waals surface area (Å²) in [5, 5.41) is 4.09. The number of fused-ring (bicyclic) bond motifs is 1. The van der Waals surface area contributed by atoms with Crippen molar-refractivity contribution in [2.45, 2.75) is 67.6 Å². The summed E-state index contributed by atoms with van der Waals surface area (Å²) < 4.78 is 32.7. The summed E-state index contributed by atoms with van der Waals surface area (Å²) in [6, 6.07) is 15.2. The number of benzene rings is 2. The topological polar surface area (TPSA) is 85.4 Å². The molecule has 2 saturated carbocycles. The van der Waals surface area contributed by atoms with Crippen LogP contribution in [0.2, 0.25) is 0 Å². The highest BCUT2D eigenvalue weighted by Crippen LogP contribution is 2.46. The molecule has 2 aromatic carbocycles. The first kappa shape index (κ1) is 24.6. The minimum absolute atomic E-state index is 0.0663. The van der Waals surface area contributed by atoms with Gasteiger partial charge in [0.2, 0.25) is 0 Å². The van der Waals surface area contributed by atoms with Crippen LogP contribution >= 0.6 is 0 Å². The maximum atomic E-state index is 13.5. The molecule has 7 heteroatoms. The molecule has 2 heterocycles. The monoisotopic (exact) mass is 518 g/mol. The highest BCUT2D eigenvalue weighted by Gasteiger charge is 2.48. The number of ether oxygens (including phenoxy) is 1. The minimum atomic E-state index is -3.41. The zero-order valence-electron chi connectivity index (χ0n) is 21.3. The second-order valence-electron chi connectivity index (χ2n) is 11.0. The third-order valence-corrected chi connectivity index (χ3v) is 11.0. The maximum Gasteiger partial charge on any atom is 0.181 e. The van der Waals surface area contributed by atoms with Crippen LogP contribution in [0.4, 0.5) is 0 Å². The summed E-state index contributed by atoms with van der Waals surface area (Å²) in [5.74, 6) is 1.90. The Morgan fingerprint density at radius 1 is 1.00 bits per heavy atom. The molecule has 1 saturated heterocycles. The van der Waals surface area contributed by atoms with Crippen molar-refractivity contribution in [1.82, 2.24) is 10.3 Å². The molecule has 37 heavy (non-hydrogen) atoms. The van der Waals surface area contributed by atoms with Gasteiger partial charge in [-0.05, 0) is 99.2 Å². The number of ketones is 1. The van der Waals surface area contributed by atoms with Gasteiger partial charge < -0.3 is 10.1 Å². The summed E-state index contributed by atoms with van der Waals surface area (Å²) >= 11 is 0. The first-order chi connectivity index (χ1) is 17.9. The van der Waals surface area contributed by atoms with Crippen molar-refractivity contribution in [3.05, 3.63) is 54.7 Å². The van der Waals surface area contributed by atoms with Crippen LogP contribution < -0.4 is 10.1 Å². The van der Waals surface area contributed by atoms with Crippen molar-refractivity contribution < 1.29 is 17.9 Å². The van der Waals surface area contributed by atoms with E-state index in [0.717, 1.165) is 47.0 Å². The summed E-state index contributed by atoms with van der Waals surface area (Å²) in [6.45, 7) is 2.99. The van der Waals surface area contributed by atoms with Crippen molar-refractivity contribution in [1.29, 1.82) is 0 Å². The van der Waals surface area contributed by atoms with Crippen LogP contribution in [0, 0.1) is 11.8 Å². The van der Waals surface area contributed by atoms with Gasteiger partial charge in [0.25, 0.3) is 0 Å². The standard InChI is InChI=1S/C30H34N2O4S/c1-2-36-29-13-16-31-27-17-22(7-10-25(27)29)20-5-8-23(9-6-20)37(34,35)24-11-14-30(15-12-24)18-26(21-3-4-21)28(33)19-32-30/h5-10,13,16-17,21,24,26,32H,2-4,11-12,14-15,18-19H2,1H3. The van der Waals surface area contributed by atoms with E-state index in [-0.39, 0.29) is 16.7 Å². The van der Waals surface area contributed by atoms with Gasteiger partial charge in [-0.2, -0.15) is 0 Å². The summed E-state index contributed by atoms with van der Waals surface area (Å²) in [7, 11) is -3.41. The number of piperidine rings is 1. The number of nitrogens with zero attached hydrogens (tertiary/aromatic N) is 1. The van der Waals surface area contributed by atoms with E-state index in [0.29, 0.717) is 42.6 Å². The number of Topliss-reactive ketones (excluding diaryl/α,β-unsaturated/α-hetero) is 1. The lowest BCUT2D eigenvalue weighted by Crippen LogP contribution is -2.57. The minimum Gasteiger partial charge on any atom is -0.493 e.